The van der Waals surface area contributed by atoms with Crippen LogP contribution in [0.4, 0.5) is 0 Å². The second kappa shape index (κ2) is 6.95. The highest BCUT2D eigenvalue weighted by Crippen LogP contribution is 2.36. The lowest BCUT2D eigenvalue weighted by Gasteiger charge is -2.36. The summed E-state index contributed by atoms with van der Waals surface area (Å²) in [5.41, 5.74) is 1.65. The zero-order chi connectivity index (χ0) is 19.1. The van der Waals surface area contributed by atoms with Gasteiger partial charge in [0.25, 0.3) is 5.89 Å². The summed E-state index contributed by atoms with van der Waals surface area (Å²) >= 11 is 0. The van der Waals surface area contributed by atoms with Crippen molar-refractivity contribution < 1.29 is 14.4 Å². The van der Waals surface area contributed by atoms with E-state index in [2.05, 4.69) is 22.1 Å². The first-order chi connectivity index (χ1) is 13.7. The third kappa shape index (κ3) is 3.24. The molecular formula is C22H23N3O3. The molecule has 2 aromatic carbocycles. The number of benzene rings is 2. The Labute approximate surface area is 163 Å². The lowest BCUT2D eigenvalue weighted by atomic mass is 10.0. The Balaban J connectivity index is 1.27. The molecule has 0 radical (unpaired) electrons. The van der Waals surface area contributed by atoms with Crippen LogP contribution >= 0.6 is 0 Å². The molecule has 3 heterocycles. The molecule has 0 spiro atoms. The average Bonchev–Trinajstić information content (AvgIpc) is 3.26. The molecule has 28 heavy (non-hydrogen) atoms. The minimum Gasteiger partial charge on any atom is -0.508 e. The van der Waals surface area contributed by atoms with Gasteiger partial charge in [0.1, 0.15) is 17.6 Å². The fourth-order valence-corrected chi connectivity index (χ4v) is 4.39. The van der Waals surface area contributed by atoms with Crippen molar-refractivity contribution in [1.29, 1.82) is 0 Å². The molecule has 0 saturated carbocycles. The molecule has 6 nitrogen and oxygen atoms in total. The molecule has 2 fully saturated rings. The summed E-state index contributed by atoms with van der Waals surface area (Å²) in [7, 11) is 2.24. The van der Waals surface area contributed by atoms with E-state index in [4.69, 9.17) is 9.26 Å². The summed E-state index contributed by atoms with van der Waals surface area (Å²) in [6, 6.07) is 15.9. The van der Waals surface area contributed by atoms with Gasteiger partial charge in [-0.3, -0.25) is 0 Å². The minimum atomic E-state index is 0.205. The summed E-state index contributed by atoms with van der Waals surface area (Å²) in [5, 5.41) is 13.5. The van der Waals surface area contributed by atoms with Crippen molar-refractivity contribution in [1.82, 2.24) is 15.0 Å². The smallest absolute Gasteiger partial charge is 0.258 e. The molecular weight excluding hydrogens is 354 g/mol. The van der Waals surface area contributed by atoms with Gasteiger partial charge in [-0.05, 0) is 81.3 Å². The van der Waals surface area contributed by atoms with Gasteiger partial charge in [-0.25, -0.2) is 0 Å². The molecule has 2 aliphatic rings. The van der Waals surface area contributed by atoms with Crippen molar-refractivity contribution in [3.05, 3.63) is 48.5 Å². The van der Waals surface area contributed by atoms with Crippen LogP contribution < -0.4 is 4.74 Å². The van der Waals surface area contributed by atoms with Crippen LogP contribution in [0.5, 0.6) is 11.5 Å². The number of nitrogens with zero attached hydrogens (tertiary/aromatic N) is 3. The van der Waals surface area contributed by atoms with Crippen molar-refractivity contribution >= 4 is 0 Å². The zero-order valence-electron chi connectivity index (χ0n) is 15.8. The number of phenols is 1. The quantitative estimate of drug-likeness (QED) is 0.738. The molecule has 2 bridgehead atoms. The van der Waals surface area contributed by atoms with Gasteiger partial charge in [-0.2, -0.15) is 4.98 Å². The van der Waals surface area contributed by atoms with Crippen LogP contribution in [0.1, 0.15) is 25.7 Å². The van der Waals surface area contributed by atoms with E-state index < -0.39 is 0 Å². The zero-order valence-corrected chi connectivity index (χ0v) is 15.8. The number of hydrogen-bond donors (Lipinski definition) is 1. The van der Waals surface area contributed by atoms with E-state index in [0.717, 1.165) is 29.7 Å². The van der Waals surface area contributed by atoms with Crippen LogP contribution in [-0.2, 0) is 0 Å². The number of rotatable bonds is 4. The minimum absolute atomic E-state index is 0.205. The summed E-state index contributed by atoms with van der Waals surface area (Å²) in [5.74, 6) is 2.06. The number of piperidine rings is 1. The van der Waals surface area contributed by atoms with Crippen molar-refractivity contribution in [2.45, 2.75) is 43.9 Å². The van der Waals surface area contributed by atoms with Gasteiger partial charge in [-0.1, -0.05) is 5.16 Å². The molecule has 1 aromatic heterocycles. The van der Waals surface area contributed by atoms with Gasteiger partial charge in [0, 0.05) is 23.2 Å². The van der Waals surface area contributed by atoms with Crippen molar-refractivity contribution in [3.8, 4) is 34.3 Å². The van der Waals surface area contributed by atoms with Gasteiger partial charge >= 0.3 is 0 Å². The molecule has 6 heteroatoms. The van der Waals surface area contributed by atoms with Crippen LogP contribution in [0.15, 0.2) is 53.1 Å². The Hall–Kier alpha value is -2.86. The standard InChI is InChI=1S/C22H23N3O3/c1-25-16-6-7-17(25)13-20(12-16)27-19-10-4-14(5-11-19)21-23-22(28-24-21)15-2-8-18(26)9-3-15/h2-5,8-11,16-17,20,26H,6-7,12-13H2,1H3/t16-,17-/m1/s1. The van der Waals surface area contributed by atoms with Crippen LogP contribution in [0, 0.1) is 0 Å². The summed E-state index contributed by atoms with van der Waals surface area (Å²) in [6.07, 6.45) is 5.10. The second-order valence-electron chi connectivity index (χ2n) is 7.76. The van der Waals surface area contributed by atoms with E-state index in [1.54, 1.807) is 24.3 Å². The Morgan fingerprint density at radius 3 is 2.29 bits per heavy atom. The van der Waals surface area contributed by atoms with E-state index in [1.165, 1.54) is 12.8 Å². The highest BCUT2D eigenvalue weighted by atomic mass is 16.5. The number of aromatic nitrogens is 2. The Kier molecular flexibility index (Phi) is 4.28. The Bertz CT molecular complexity index is 938. The topological polar surface area (TPSA) is 71.6 Å². The monoisotopic (exact) mass is 377 g/mol. The predicted molar refractivity (Wildman–Crippen MR) is 105 cm³/mol. The molecule has 5 rings (SSSR count). The SMILES string of the molecule is CN1[C@@H]2CC[C@@H]1CC(Oc1ccc(-c3noc(-c4ccc(O)cc4)n3)cc1)C2. The summed E-state index contributed by atoms with van der Waals surface area (Å²) in [4.78, 5) is 6.98. The van der Waals surface area contributed by atoms with Gasteiger partial charge in [0.2, 0.25) is 5.82 Å². The van der Waals surface area contributed by atoms with Crippen molar-refractivity contribution in [2.24, 2.45) is 0 Å². The van der Waals surface area contributed by atoms with Crippen LogP contribution in [0.3, 0.4) is 0 Å². The van der Waals surface area contributed by atoms with Crippen molar-refractivity contribution in [2.75, 3.05) is 7.05 Å². The first kappa shape index (κ1) is 17.3. The van der Waals surface area contributed by atoms with E-state index in [-0.39, 0.29) is 5.75 Å². The largest absolute Gasteiger partial charge is 0.508 e. The van der Waals surface area contributed by atoms with E-state index in [9.17, 15) is 5.11 Å². The first-order valence-corrected chi connectivity index (χ1v) is 9.78. The third-order valence-electron chi connectivity index (χ3n) is 6.01. The summed E-state index contributed by atoms with van der Waals surface area (Å²) in [6.45, 7) is 0. The van der Waals surface area contributed by atoms with E-state index in [0.29, 0.717) is 29.9 Å². The maximum absolute atomic E-state index is 9.39. The number of hydrogen-bond acceptors (Lipinski definition) is 6. The lowest BCUT2D eigenvalue weighted by Crippen LogP contribution is -2.43. The molecule has 144 valence electrons. The van der Waals surface area contributed by atoms with Crippen molar-refractivity contribution in [3.63, 3.8) is 0 Å². The first-order valence-electron chi connectivity index (χ1n) is 9.78. The fourth-order valence-electron chi connectivity index (χ4n) is 4.39. The lowest BCUT2D eigenvalue weighted by molar-refractivity contribution is 0.0662. The molecule has 0 aliphatic carbocycles. The van der Waals surface area contributed by atoms with Gasteiger partial charge < -0.3 is 19.3 Å². The van der Waals surface area contributed by atoms with E-state index in [1.807, 2.05) is 24.3 Å². The molecule has 1 N–H and O–H groups in total. The maximum atomic E-state index is 9.39. The van der Waals surface area contributed by atoms with Crippen LogP contribution in [0.25, 0.3) is 22.8 Å². The predicted octanol–water partition coefficient (Wildman–Crippen LogP) is 4.11. The van der Waals surface area contributed by atoms with Gasteiger partial charge in [0.05, 0.1) is 0 Å². The van der Waals surface area contributed by atoms with Crippen LogP contribution in [0.2, 0.25) is 0 Å². The van der Waals surface area contributed by atoms with Gasteiger partial charge in [0.15, 0.2) is 0 Å². The van der Waals surface area contributed by atoms with Crippen LogP contribution in [-0.4, -0.2) is 45.4 Å². The molecule has 2 saturated heterocycles. The second-order valence-corrected chi connectivity index (χ2v) is 7.76. The average molecular weight is 377 g/mol. The van der Waals surface area contributed by atoms with Gasteiger partial charge in [-0.15, -0.1) is 0 Å². The fraction of sp³-hybridized carbons (Fsp3) is 0.364. The molecule has 0 amide bonds. The molecule has 2 aliphatic heterocycles. The van der Waals surface area contributed by atoms with E-state index >= 15 is 0 Å². The molecule has 3 aromatic rings. The number of phenolic OH excluding ortho intramolecular Hbond substituents is 1. The number of aromatic hydroxyl groups is 1. The number of ether oxygens (including phenoxy) is 1. The third-order valence-corrected chi connectivity index (χ3v) is 6.01. The maximum Gasteiger partial charge on any atom is 0.258 e. The molecule has 2 atom stereocenters. The Morgan fingerprint density at radius 2 is 1.61 bits per heavy atom. The molecule has 0 unspecified atom stereocenters. The highest BCUT2D eigenvalue weighted by Gasteiger charge is 2.39. The summed E-state index contributed by atoms with van der Waals surface area (Å²) < 4.78 is 11.6. The number of fused-ring (bicyclic) bond motifs is 2. The highest BCUT2D eigenvalue weighted by molar-refractivity contribution is 5.60. The Morgan fingerprint density at radius 1 is 0.964 bits per heavy atom. The normalized spacial score (nSPS) is 24.4.